The maximum Gasteiger partial charge on any atom is 0.303 e. The lowest BCUT2D eigenvalue weighted by Gasteiger charge is -2.27. The molecule has 6 heteroatoms. The maximum atomic E-state index is 14.4. The Labute approximate surface area is 132 Å². The van der Waals surface area contributed by atoms with E-state index >= 15 is 0 Å². The van der Waals surface area contributed by atoms with E-state index in [1.807, 2.05) is 6.07 Å². The second-order valence-corrected chi connectivity index (χ2v) is 5.67. The Morgan fingerprint density at radius 2 is 2.00 bits per heavy atom. The Hall–Kier alpha value is -2.14. The highest BCUT2D eigenvalue weighted by Gasteiger charge is 2.36. The van der Waals surface area contributed by atoms with Crippen LogP contribution >= 0.6 is 11.6 Å². The Balaban J connectivity index is 2.23. The van der Waals surface area contributed by atoms with Gasteiger partial charge in [-0.2, -0.15) is 0 Å². The molecule has 0 radical (unpaired) electrons. The van der Waals surface area contributed by atoms with E-state index in [1.165, 1.54) is 12.2 Å². The van der Waals surface area contributed by atoms with Gasteiger partial charge in [0.15, 0.2) is 0 Å². The molecule has 4 nitrogen and oxygen atoms in total. The molecule has 116 valence electrons. The molecular formula is C16H15ClFNO3. The first-order valence-electron chi connectivity index (χ1n) is 6.71. The van der Waals surface area contributed by atoms with Gasteiger partial charge in [-0.3, -0.25) is 4.79 Å². The lowest BCUT2D eigenvalue weighted by molar-refractivity contribution is -0.136. The second kappa shape index (κ2) is 6.75. The van der Waals surface area contributed by atoms with Crippen molar-refractivity contribution in [1.29, 1.82) is 0 Å². The van der Waals surface area contributed by atoms with E-state index in [2.05, 4.69) is 5.16 Å². The summed E-state index contributed by atoms with van der Waals surface area (Å²) in [4.78, 5) is 9.29. The average Bonchev–Trinajstić information content (AvgIpc) is 2.48. The molecule has 0 fully saturated rings. The molecule has 0 spiro atoms. The van der Waals surface area contributed by atoms with Gasteiger partial charge in [0.1, 0.15) is 10.7 Å². The summed E-state index contributed by atoms with van der Waals surface area (Å²) in [6.45, 7) is 0. The van der Waals surface area contributed by atoms with Crippen molar-refractivity contribution in [3.63, 3.8) is 0 Å². The molecule has 0 bridgehead atoms. The zero-order valence-corrected chi connectivity index (χ0v) is 12.4. The summed E-state index contributed by atoms with van der Waals surface area (Å²) in [6.07, 6.45) is 2.60. The van der Waals surface area contributed by atoms with Gasteiger partial charge in [-0.1, -0.05) is 47.6 Å². The third kappa shape index (κ3) is 3.54. The third-order valence-corrected chi connectivity index (χ3v) is 3.96. The fraction of sp³-hybridized carbons (Fsp3) is 0.250. The van der Waals surface area contributed by atoms with Crippen LogP contribution in [0.15, 0.2) is 53.5 Å². The summed E-state index contributed by atoms with van der Waals surface area (Å²) in [5.74, 6) is -1.47. The van der Waals surface area contributed by atoms with Gasteiger partial charge in [-0.25, -0.2) is 4.39 Å². The van der Waals surface area contributed by atoms with Crippen molar-refractivity contribution in [3.05, 3.63) is 53.9 Å². The van der Waals surface area contributed by atoms with Crippen LogP contribution in [-0.4, -0.2) is 26.9 Å². The van der Waals surface area contributed by atoms with Gasteiger partial charge in [-0.05, 0) is 5.56 Å². The molecule has 22 heavy (non-hydrogen) atoms. The third-order valence-electron chi connectivity index (χ3n) is 3.48. The number of benzene rings is 1. The lowest BCUT2D eigenvalue weighted by Crippen LogP contribution is -2.33. The van der Waals surface area contributed by atoms with E-state index in [0.29, 0.717) is 5.57 Å². The van der Waals surface area contributed by atoms with Crippen molar-refractivity contribution in [1.82, 2.24) is 0 Å². The first-order valence-corrected chi connectivity index (χ1v) is 7.09. The number of allylic oxidation sites excluding steroid dienone is 4. The Morgan fingerprint density at radius 1 is 1.32 bits per heavy atom. The number of carbonyl (C=O) groups is 1. The van der Waals surface area contributed by atoms with E-state index in [9.17, 15) is 9.18 Å². The summed E-state index contributed by atoms with van der Waals surface area (Å²) in [6, 6.07) is 9.01. The second-order valence-electron chi connectivity index (χ2n) is 5.00. The highest BCUT2D eigenvalue weighted by atomic mass is 35.5. The number of oxime groups is 1. The molecule has 2 rings (SSSR count). The number of hydrogen-bond donors (Lipinski definition) is 2. The standard InChI is InChI=1S/C16H15ClFNO3/c17-16(14(19-22)6-7-15(20)21)9-8-12(13(18)10-16)11-4-2-1-3-5-11/h1-5,8-9,22H,6-7,10H2,(H,20,21). The number of nitrogens with zero attached hydrogens (tertiary/aromatic N) is 1. The van der Waals surface area contributed by atoms with Crippen molar-refractivity contribution >= 4 is 28.9 Å². The summed E-state index contributed by atoms with van der Waals surface area (Å²) in [7, 11) is 0. The molecule has 1 aromatic carbocycles. The van der Waals surface area contributed by atoms with E-state index in [4.69, 9.17) is 21.9 Å². The van der Waals surface area contributed by atoms with Crippen molar-refractivity contribution in [3.8, 4) is 0 Å². The van der Waals surface area contributed by atoms with Crippen molar-refractivity contribution in [2.75, 3.05) is 0 Å². The normalized spacial score (nSPS) is 22.0. The van der Waals surface area contributed by atoms with Crippen LogP contribution in [-0.2, 0) is 4.79 Å². The topological polar surface area (TPSA) is 69.9 Å². The number of carboxylic acid groups (broad SMARTS) is 1. The molecule has 0 saturated carbocycles. The summed E-state index contributed by atoms with van der Waals surface area (Å²) in [5.41, 5.74) is 1.19. The molecule has 0 aromatic heterocycles. The van der Waals surface area contributed by atoms with E-state index in [1.54, 1.807) is 24.3 Å². The van der Waals surface area contributed by atoms with Crippen LogP contribution in [0.25, 0.3) is 5.57 Å². The number of alkyl halides is 1. The molecule has 2 N–H and O–H groups in total. The van der Waals surface area contributed by atoms with Crippen LogP contribution in [0.4, 0.5) is 4.39 Å². The van der Waals surface area contributed by atoms with Gasteiger partial charge in [0.25, 0.3) is 0 Å². The van der Waals surface area contributed by atoms with Crippen LogP contribution in [0.5, 0.6) is 0 Å². The Kier molecular flexibility index (Phi) is 4.98. The van der Waals surface area contributed by atoms with Gasteiger partial charge in [0.05, 0.1) is 12.1 Å². The lowest BCUT2D eigenvalue weighted by atomic mass is 9.86. The van der Waals surface area contributed by atoms with Crippen molar-refractivity contribution < 1.29 is 19.5 Å². The minimum atomic E-state index is -1.34. The predicted octanol–water partition coefficient (Wildman–Crippen LogP) is 4.00. The predicted molar refractivity (Wildman–Crippen MR) is 82.9 cm³/mol. The van der Waals surface area contributed by atoms with E-state index < -0.39 is 16.7 Å². The van der Waals surface area contributed by atoms with Gasteiger partial charge < -0.3 is 10.3 Å². The Morgan fingerprint density at radius 3 is 2.55 bits per heavy atom. The number of carboxylic acids is 1. The van der Waals surface area contributed by atoms with Crippen LogP contribution in [0.2, 0.25) is 0 Å². The van der Waals surface area contributed by atoms with E-state index in [-0.39, 0.29) is 25.0 Å². The summed E-state index contributed by atoms with van der Waals surface area (Å²) < 4.78 is 14.4. The van der Waals surface area contributed by atoms with Crippen LogP contribution < -0.4 is 0 Å². The van der Waals surface area contributed by atoms with Crippen molar-refractivity contribution in [2.24, 2.45) is 5.16 Å². The van der Waals surface area contributed by atoms with Gasteiger partial charge in [-0.15, -0.1) is 11.6 Å². The molecule has 1 aromatic rings. The minimum Gasteiger partial charge on any atom is -0.481 e. The molecule has 1 aliphatic rings. The summed E-state index contributed by atoms with van der Waals surface area (Å²) in [5, 5.41) is 20.8. The van der Waals surface area contributed by atoms with Crippen LogP contribution in [0.3, 0.4) is 0 Å². The fourth-order valence-electron chi connectivity index (χ4n) is 2.32. The number of halogens is 2. The first-order chi connectivity index (χ1) is 10.5. The maximum absolute atomic E-state index is 14.4. The minimum absolute atomic E-state index is 0.0371. The average molecular weight is 324 g/mol. The van der Waals surface area contributed by atoms with Gasteiger partial charge in [0.2, 0.25) is 0 Å². The fourth-order valence-corrected chi connectivity index (χ4v) is 2.63. The monoisotopic (exact) mass is 323 g/mol. The SMILES string of the molecule is O=C(O)CCC(=NO)C1(Cl)C=CC(c2ccccc2)=C(F)C1. The number of rotatable bonds is 5. The number of aliphatic carboxylic acids is 1. The molecule has 0 aliphatic heterocycles. The van der Waals surface area contributed by atoms with Crippen LogP contribution in [0, 0.1) is 0 Å². The van der Waals surface area contributed by atoms with E-state index in [0.717, 1.165) is 5.56 Å². The zero-order chi connectivity index (χ0) is 16.2. The Bertz CT molecular complexity index is 655. The number of hydrogen-bond acceptors (Lipinski definition) is 3. The van der Waals surface area contributed by atoms with Gasteiger partial charge in [0, 0.05) is 18.4 Å². The molecule has 0 saturated heterocycles. The molecule has 1 aliphatic carbocycles. The van der Waals surface area contributed by atoms with Crippen LogP contribution in [0.1, 0.15) is 24.8 Å². The molecule has 0 heterocycles. The molecule has 1 atom stereocenters. The quantitative estimate of drug-likeness (QED) is 0.372. The largest absolute Gasteiger partial charge is 0.481 e. The highest BCUT2D eigenvalue weighted by molar-refractivity contribution is 6.38. The first kappa shape index (κ1) is 16.2. The highest BCUT2D eigenvalue weighted by Crippen LogP contribution is 2.38. The van der Waals surface area contributed by atoms with Crippen molar-refractivity contribution in [2.45, 2.75) is 24.1 Å². The van der Waals surface area contributed by atoms with Gasteiger partial charge >= 0.3 is 5.97 Å². The smallest absolute Gasteiger partial charge is 0.303 e. The summed E-state index contributed by atoms with van der Waals surface area (Å²) >= 11 is 6.33. The molecular weight excluding hydrogens is 309 g/mol. The molecule has 0 amide bonds. The molecule has 1 unspecified atom stereocenters. The zero-order valence-electron chi connectivity index (χ0n) is 11.7.